The molecule has 2 heterocycles. The molecule has 1 saturated heterocycles. The molecule has 182 valence electrons. The molecule has 1 fully saturated rings. The number of benzene rings is 1. The van der Waals surface area contributed by atoms with Crippen LogP contribution in [-0.4, -0.2) is 45.7 Å². The van der Waals surface area contributed by atoms with E-state index in [0.29, 0.717) is 21.9 Å². The maximum atomic E-state index is 13.6. The number of aliphatic hydroxyl groups is 1. The molecule has 1 aliphatic heterocycles. The summed E-state index contributed by atoms with van der Waals surface area (Å²) in [5.74, 6) is 1.85. The molecule has 8 heteroatoms. The van der Waals surface area contributed by atoms with Crippen molar-refractivity contribution in [3.8, 4) is 12.3 Å². The predicted molar refractivity (Wildman–Crippen MR) is 130 cm³/mol. The van der Waals surface area contributed by atoms with E-state index in [-0.39, 0.29) is 36.6 Å². The van der Waals surface area contributed by atoms with E-state index in [2.05, 4.69) is 16.4 Å². The molecule has 1 aromatic carbocycles. The summed E-state index contributed by atoms with van der Waals surface area (Å²) in [7, 11) is 0. The van der Waals surface area contributed by atoms with E-state index in [1.165, 1.54) is 4.90 Å². The van der Waals surface area contributed by atoms with Gasteiger partial charge in [0.15, 0.2) is 0 Å². The van der Waals surface area contributed by atoms with Crippen molar-refractivity contribution in [1.82, 2.24) is 15.4 Å². The number of hydrogen-bond donors (Lipinski definition) is 2. The second kappa shape index (κ2) is 10.6. The van der Waals surface area contributed by atoms with Gasteiger partial charge in [0, 0.05) is 29.6 Å². The Kier molecular flexibility index (Phi) is 8.06. The van der Waals surface area contributed by atoms with Crippen LogP contribution in [-0.2, 0) is 9.59 Å². The van der Waals surface area contributed by atoms with Crippen LogP contribution in [0, 0.1) is 18.3 Å². The Balaban J connectivity index is 1.80. The van der Waals surface area contributed by atoms with Gasteiger partial charge in [-0.25, -0.2) is 0 Å². The molecule has 1 aliphatic rings. The van der Waals surface area contributed by atoms with Crippen LogP contribution in [0.15, 0.2) is 28.8 Å². The van der Waals surface area contributed by atoms with Gasteiger partial charge in [-0.05, 0) is 36.5 Å². The van der Waals surface area contributed by atoms with Gasteiger partial charge < -0.3 is 19.8 Å². The molecule has 0 spiro atoms. The van der Waals surface area contributed by atoms with Crippen molar-refractivity contribution in [3.63, 3.8) is 0 Å². The Morgan fingerprint density at radius 2 is 1.97 bits per heavy atom. The fourth-order valence-electron chi connectivity index (χ4n) is 4.30. The standard InChI is InChI=1S/C26H32ClN3O4/c1-7-17-8-9-19(20(27)10-17)16(6)28-25(32)22-11-18(31)13-30(22)26(33)24(15(4)5)23-12-21(14(2)3)29-34-23/h1,8-10,12,14-16,18,22,24,31H,11,13H2,2-6H3,(H,28,32)/t16-,18+,22-,24?/m0/s1. The van der Waals surface area contributed by atoms with Gasteiger partial charge in [-0.1, -0.05) is 56.4 Å². The van der Waals surface area contributed by atoms with Gasteiger partial charge in [-0.15, -0.1) is 6.42 Å². The Labute approximate surface area is 205 Å². The van der Waals surface area contributed by atoms with Gasteiger partial charge in [0.2, 0.25) is 11.8 Å². The van der Waals surface area contributed by atoms with E-state index in [1.807, 2.05) is 34.6 Å². The molecule has 0 aliphatic carbocycles. The van der Waals surface area contributed by atoms with E-state index >= 15 is 0 Å². The first kappa shape index (κ1) is 25.8. The molecule has 4 atom stereocenters. The summed E-state index contributed by atoms with van der Waals surface area (Å²) in [4.78, 5) is 28.3. The summed E-state index contributed by atoms with van der Waals surface area (Å²) in [6.07, 6.45) is 4.79. The summed E-state index contributed by atoms with van der Waals surface area (Å²) in [5.41, 5.74) is 2.13. The zero-order valence-electron chi connectivity index (χ0n) is 20.2. The minimum Gasteiger partial charge on any atom is -0.391 e. The smallest absolute Gasteiger partial charge is 0.243 e. The lowest BCUT2D eigenvalue weighted by atomic mass is 9.90. The second-order valence-electron chi connectivity index (χ2n) is 9.54. The number of β-amino-alcohol motifs (C(OH)–C–C–N with tert-alkyl or cyclic N) is 1. The Morgan fingerprint density at radius 1 is 1.26 bits per heavy atom. The number of nitrogens with one attached hydrogen (secondary N) is 1. The Bertz CT molecular complexity index is 1090. The highest BCUT2D eigenvalue weighted by atomic mass is 35.5. The molecule has 7 nitrogen and oxygen atoms in total. The molecule has 1 unspecified atom stereocenters. The molecule has 2 N–H and O–H groups in total. The summed E-state index contributed by atoms with van der Waals surface area (Å²) < 4.78 is 5.52. The fourth-order valence-corrected chi connectivity index (χ4v) is 4.64. The lowest BCUT2D eigenvalue weighted by Crippen LogP contribution is -2.48. The van der Waals surface area contributed by atoms with Gasteiger partial charge >= 0.3 is 0 Å². The predicted octanol–water partition coefficient (Wildman–Crippen LogP) is 4.01. The van der Waals surface area contributed by atoms with Crippen molar-refractivity contribution in [1.29, 1.82) is 0 Å². The normalized spacial score (nSPS) is 19.8. The highest BCUT2D eigenvalue weighted by molar-refractivity contribution is 6.31. The maximum Gasteiger partial charge on any atom is 0.243 e. The molecular weight excluding hydrogens is 454 g/mol. The van der Waals surface area contributed by atoms with Crippen molar-refractivity contribution >= 4 is 23.4 Å². The van der Waals surface area contributed by atoms with Crippen LogP contribution >= 0.6 is 11.6 Å². The zero-order chi connectivity index (χ0) is 25.2. The molecule has 3 rings (SSSR count). The lowest BCUT2D eigenvalue weighted by molar-refractivity contribution is -0.141. The number of aromatic nitrogens is 1. The van der Waals surface area contributed by atoms with Crippen molar-refractivity contribution < 1.29 is 19.2 Å². The van der Waals surface area contributed by atoms with Crippen molar-refractivity contribution in [2.24, 2.45) is 5.92 Å². The third-order valence-corrected chi connectivity index (χ3v) is 6.56. The third kappa shape index (κ3) is 5.45. The van der Waals surface area contributed by atoms with Crippen LogP contribution in [0.5, 0.6) is 0 Å². The minimum absolute atomic E-state index is 0.0807. The minimum atomic E-state index is -0.803. The summed E-state index contributed by atoms with van der Waals surface area (Å²) >= 11 is 6.35. The molecule has 34 heavy (non-hydrogen) atoms. The first-order valence-electron chi connectivity index (χ1n) is 11.5. The number of terminal acetylenes is 1. The van der Waals surface area contributed by atoms with Crippen molar-refractivity contribution in [3.05, 3.63) is 51.9 Å². The first-order valence-corrected chi connectivity index (χ1v) is 11.9. The van der Waals surface area contributed by atoms with E-state index < -0.39 is 24.1 Å². The zero-order valence-corrected chi connectivity index (χ0v) is 21.0. The second-order valence-corrected chi connectivity index (χ2v) is 9.94. The lowest BCUT2D eigenvalue weighted by Gasteiger charge is -2.29. The summed E-state index contributed by atoms with van der Waals surface area (Å²) in [5, 5.41) is 17.8. The number of likely N-dealkylation sites (tertiary alicyclic amines) is 1. The van der Waals surface area contributed by atoms with Crippen LogP contribution in [0.25, 0.3) is 0 Å². The quantitative estimate of drug-likeness (QED) is 0.578. The monoisotopic (exact) mass is 485 g/mol. The van der Waals surface area contributed by atoms with Crippen LogP contribution in [0.4, 0.5) is 0 Å². The molecule has 0 saturated carbocycles. The van der Waals surface area contributed by atoms with Gasteiger partial charge in [0.25, 0.3) is 0 Å². The van der Waals surface area contributed by atoms with E-state index in [0.717, 1.165) is 5.69 Å². The van der Waals surface area contributed by atoms with Gasteiger partial charge in [0.05, 0.1) is 17.8 Å². The first-order chi connectivity index (χ1) is 16.0. The number of nitrogens with zero attached hydrogens (tertiary/aromatic N) is 2. The number of rotatable bonds is 7. The van der Waals surface area contributed by atoms with Crippen LogP contribution in [0.2, 0.25) is 5.02 Å². The number of hydrogen-bond acceptors (Lipinski definition) is 5. The van der Waals surface area contributed by atoms with E-state index in [1.54, 1.807) is 24.3 Å². The molecule has 2 amide bonds. The number of amides is 2. The summed E-state index contributed by atoms with van der Waals surface area (Å²) in [6.45, 7) is 9.73. The average molecular weight is 486 g/mol. The number of aliphatic hydroxyl groups excluding tert-OH is 1. The number of halogens is 1. The molecular formula is C26H32ClN3O4. The highest BCUT2D eigenvalue weighted by Crippen LogP contribution is 2.32. The van der Waals surface area contributed by atoms with Crippen molar-refractivity contribution in [2.75, 3.05) is 6.54 Å². The largest absolute Gasteiger partial charge is 0.391 e. The maximum absolute atomic E-state index is 13.6. The van der Waals surface area contributed by atoms with Gasteiger partial charge in [0.1, 0.15) is 17.7 Å². The van der Waals surface area contributed by atoms with Crippen molar-refractivity contribution in [2.45, 2.75) is 71.1 Å². The van der Waals surface area contributed by atoms with Gasteiger partial charge in [-0.2, -0.15) is 0 Å². The van der Waals surface area contributed by atoms with Crippen LogP contribution < -0.4 is 5.32 Å². The molecule has 0 radical (unpaired) electrons. The van der Waals surface area contributed by atoms with E-state index in [4.69, 9.17) is 22.5 Å². The van der Waals surface area contributed by atoms with Crippen LogP contribution in [0.3, 0.4) is 0 Å². The fraction of sp³-hybridized carbons (Fsp3) is 0.500. The molecule has 0 bridgehead atoms. The van der Waals surface area contributed by atoms with Crippen LogP contribution in [0.1, 0.15) is 81.5 Å². The molecule has 2 aromatic rings. The molecule has 1 aromatic heterocycles. The third-order valence-electron chi connectivity index (χ3n) is 6.23. The van der Waals surface area contributed by atoms with Gasteiger partial charge in [-0.3, -0.25) is 9.59 Å². The Morgan fingerprint density at radius 3 is 2.53 bits per heavy atom. The van der Waals surface area contributed by atoms with E-state index in [9.17, 15) is 14.7 Å². The Hall–Kier alpha value is -2.82. The average Bonchev–Trinajstić information content (AvgIpc) is 3.40. The SMILES string of the molecule is C#Cc1ccc([C@H](C)NC(=O)[C@@H]2C[C@@H](O)CN2C(=O)C(c2cc(C(C)C)no2)C(C)C)c(Cl)c1. The highest BCUT2D eigenvalue weighted by Gasteiger charge is 2.43. The number of carbonyl (C=O) groups excluding carboxylic acids is 2. The number of carbonyl (C=O) groups is 2. The summed E-state index contributed by atoms with van der Waals surface area (Å²) in [6, 6.07) is 5.80. The topological polar surface area (TPSA) is 95.7 Å².